The Morgan fingerprint density at radius 3 is 2.58 bits per heavy atom. The topological polar surface area (TPSA) is 101 Å². The van der Waals surface area contributed by atoms with Crippen LogP contribution in [-0.4, -0.2) is 45.8 Å². The summed E-state index contributed by atoms with van der Waals surface area (Å²) in [6.45, 7) is 0.794. The van der Waals surface area contributed by atoms with Gasteiger partial charge < -0.3 is 24.6 Å². The zero-order chi connectivity index (χ0) is 24.7. The normalized spacial score (nSPS) is 16.1. The summed E-state index contributed by atoms with van der Waals surface area (Å²) in [6, 6.07) is 2.91. The first-order valence-electron chi connectivity index (χ1n) is 9.64. The van der Waals surface area contributed by atoms with Crippen molar-refractivity contribution in [2.75, 3.05) is 13.2 Å². The highest BCUT2D eigenvalue weighted by Gasteiger charge is 2.38. The number of nitrogens with one attached hydrogen (secondary N) is 1. The molecule has 0 saturated carbocycles. The summed E-state index contributed by atoms with van der Waals surface area (Å²) in [7, 11) is 0. The molecule has 1 atom stereocenters. The summed E-state index contributed by atoms with van der Waals surface area (Å²) in [5.41, 5.74) is -1.56. The number of fused-ring (bicyclic) bond motifs is 2. The number of pyridine rings is 1. The molecule has 1 aromatic heterocycles. The van der Waals surface area contributed by atoms with Crippen molar-refractivity contribution in [3.05, 3.63) is 63.1 Å². The van der Waals surface area contributed by atoms with Crippen LogP contribution in [0.4, 0.5) is 8.78 Å². The standard InChI is InChI=1S/C19H17F2N3O5.2C2H2/c20-11-3-2-10(13(21)6-11)7-22-18(27)12-8-23-9-14-24(4-1-5-29-14)19(28)15(23)17(26)16(12)25;2*1-2/h2-3,6,8,14,26H,1,4-5,7,9H2,(H,22,27);2*1-2H. The summed E-state index contributed by atoms with van der Waals surface area (Å²) in [5.74, 6) is -3.81. The van der Waals surface area contributed by atoms with Gasteiger partial charge in [0, 0.05) is 30.9 Å². The van der Waals surface area contributed by atoms with E-state index in [1.165, 1.54) is 21.7 Å². The van der Waals surface area contributed by atoms with E-state index < -0.39 is 46.4 Å². The molecule has 2 aliphatic heterocycles. The molecule has 0 aliphatic carbocycles. The van der Waals surface area contributed by atoms with Crippen molar-refractivity contribution in [3.8, 4) is 31.4 Å². The van der Waals surface area contributed by atoms with Gasteiger partial charge in [-0.1, -0.05) is 6.07 Å². The van der Waals surface area contributed by atoms with Gasteiger partial charge in [0.25, 0.3) is 11.8 Å². The maximum absolute atomic E-state index is 13.7. The molecule has 33 heavy (non-hydrogen) atoms. The van der Waals surface area contributed by atoms with E-state index in [-0.39, 0.29) is 24.3 Å². The van der Waals surface area contributed by atoms with Crippen molar-refractivity contribution in [2.45, 2.75) is 25.7 Å². The largest absolute Gasteiger partial charge is 0.503 e. The number of ether oxygens (including phenoxy) is 1. The summed E-state index contributed by atoms with van der Waals surface area (Å²) >= 11 is 0. The minimum absolute atomic E-state index is 0.0310. The zero-order valence-electron chi connectivity index (χ0n) is 17.5. The Kier molecular flexibility index (Phi) is 8.32. The number of benzene rings is 1. The number of halogens is 2. The van der Waals surface area contributed by atoms with E-state index >= 15 is 0 Å². The lowest BCUT2D eigenvalue weighted by atomic mass is 10.1. The van der Waals surface area contributed by atoms with Crippen LogP contribution in [0.3, 0.4) is 0 Å². The third-order valence-corrected chi connectivity index (χ3v) is 4.97. The molecular formula is C23H21F2N3O5. The molecule has 0 spiro atoms. The zero-order valence-corrected chi connectivity index (χ0v) is 17.5. The summed E-state index contributed by atoms with van der Waals surface area (Å²) in [5, 5.41) is 12.7. The highest BCUT2D eigenvalue weighted by molar-refractivity contribution is 5.99. The molecule has 1 unspecified atom stereocenters. The quantitative estimate of drug-likeness (QED) is 0.680. The molecule has 4 rings (SSSR count). The number of rotatable bonds is 3. The van der Waals surface area contributed by atoms with Gasteiger partial charge in [-0.15, -0.1) is 25.7 Å². The molecule has 1 aromatic carbocycles. The Morgan fingerprint density at radius 2 is 1.91 bits per heavy atom. The van der Waals surface area contributed by atoms with Gasteiger partial charge in [-0.25, -0.2) is 8.78 Å². The van der Waals surface area contributed by atoms with Gasteiger partial charge in [0.05, 0.1) is 13.2 Å². The molecule has 8 nitrogen and oxygen atoms in total. The average Bonchev–Trinajstić information content (AvgIpc) is 2.83. The third kappa shape index (κ3) is 5.03. The number of carbonyl (C=O) groups excluding carboxylic acids is 2. The first-order chi connectivity index (χ1) is 15.9. The van der Waals surface area contributed by atoms with Gasteiger partial charge in [-0.3, -0.25) is 14.4 Å². The molecule has 2 aliphatic rings. The van der Waals surface area contributed by atoms with Crippen molar-refractivity contribution in [1.29, 1.82) is 0 Å². The van der Waals surface area contributed by atoms with Crippen LogP contribution in [0, 0.1) is 37.3 Å². The number of aromatic hydroxyl groups is 1. The lowest BCUT2D eigenvalue weighted by Crippen LogP contribution is -2.53. The van der Waals surface area contributed by atoms with E-state index in [1.807, 2.05) is 0 Å². The smallest absolute Gasteiger partial charge is 0.276 e. The lowest BCUT2D eigenvalue weighted by Gasteiger charge is -2.40. The van der Waals surface area contributed by atoms with Gasteiger partial charge in [0.15, 0.2) is 17.7 Å². The number of hydrogen-bond donors (Lipinski definition) is 2. The number of nitrogens with zero attached hydrogens (tertiary/aromatic N) is 2. The molecule has 10 heteroatoms. The van der Waals surface area contributed by atoms with E-state index in [9.17, 15) is 28.3 Å². The second-order valence-corrected chi connectivity index (χ2v) is 6.82. The highest BCUT2D eigenvalue weighted by Crippen LogP contribution is 2.26. The second-order valence-electron chi connectivity index (χ2n) is 6.82. The van der Waals surface area contributed by atoms with Crippen LogP contribution in [0.5, 0.6) is 5.75 Å². The maximum Gasteiger partial charge on any atom is 0.276 e. The Hall–Kier alpha value is -4.15. The van der Waals surface area contributed by atoms with Crippen LogP contribution in [0.15, 0.2) is 29.2 Å². The van der Waals surface area contributed by atoms with Crippen LogP contribution < -0.4 is 10.7 Å². The lowest BCUT2D eigenvalue weighted by molar-refractivity contribution is -0.0920. The molecule has 1 saturated heterocycles. The fourth-order valence-corrected chi connectivity index (χ4v) is 3.49. The van der Waals surface area contributed by atoms with E-state index in [1.54, 1.807) is 0 Å². The molecule has 1 fully saturated rings. The number of hydrogen-bond acceptors (Lipinski definition) is 5. The van der Waals surface area contributed by atoms with Crippen LogP contribution in [0.2, 0.25) is 0 Å². The van der Waals surface area contributed by atoms with Gasteiger partial charge in [-0.05, 0) is 12.5 Å². The van der Waals surface area contributed by atoms with Crippen LogP contribution in [0.25, 0.3) is 0 Å². The van der Waals surface area contributed by atoms with Crippen LogP contribution in [-0.2, 0) is 17.8 Å². The summed E-state index contributed by atoms with van der Waals surface area (Å²) in [4.78, 5) is 39.0. The molecule has 0 bridgehead atoms. The van der Waals surface area contributed by atoms with Crippen molar-refractivity contribution >= 4 is 11.8 Å². The predicted molar refractivity (Wildman–Crippen MR) is 115 cm³/mol. The molecular weight excluding hydrogens is 436 g/mol. The predicted octanol–water partition coefficient (Wildman–Crippen LogP) is 1.46. The highest BCUT2D eigenvalue weighted by atomic mass is 19.1. The number of terminal acetylenes is 2. The van der Waals surface area contributed by atoms with Crippen molar-refractivity contribution in [1.82, 2.24) is 14.8 Å². The van der Waals surface area contributed by atoms with Gasteiger partial charge in [0.2, 0.25) is 5.43 Å². The maximum atomic E-state index is 13.7. The Balaban J connectivity index is 0.000000914. The Labute approximate surface area is 188 Å². The first kappa shape index (κ1) is 25.1. The molecule has 0 radical (unpaired) electrons. The fourth-order valence-electron chi connectivity index (χ4n) is 3.49. The average molecular weight is 457 g/mol. The first-order valence-corrected chi connectivity index (χ1v) is 9.64. The van der Waals surface area contributed by atoms with Crippen molar-refractivity contribution in [3.63, 3.8) is 0 Å². The van der Waals surface area contributed by atoms with Crippen LogP contribution >= 0.6 is 0 Å². The molecule has 3 heterocycles. The van der Waals surface area contributed by atoms with E-state index in [0.29, 0.717) is 25.6 Å². The SMILES string of the molecule is C#C.C#C.O=C(NCc1ccc(F)cc1F)c1cn2c(c(O)c1=O)C(=O)N1CCCOC1C2. The minimum atomic E-state index is -1.00. The van der Waals surface area contributed by atoms with Gasteiger partial charge >= 0.3 is 0 Å². The van der Waals surface area contributed by atoms with Crippen molar-refractivity contribution < 1.29 is 28.2 Å². The number of carbonyl (C=O) groups is 2. The van der Waals surface area contributed by atoms with Gasteiger partial charge in [0.1, 0.15) is 17.2 Å². The molecule has 2 N–H and O–H groups in total. The summed E-state index contributed by atoms with van der Waals surface area (Å²) < 4.78 is 33.6. The monoisotopic (exact) mass is 457 g/mol. The third-order valence-electron chi connectivity index (χ3n) is 4.97. The Bertz CT molecular complexity index is 1150. The fraction of sp³-hybridized carbons (Fsp3) is 0.261. The molecule has 2 aromatic rings. The van der Waals surface area contributed by atoms with E-state index in [0.717, 1.165) is 6.07 Å². The second kappa shape index (κ2) is 10.9. The summed E-state index contributed by atoms with van der Waals surface area (Å²) in [6.07, 6.45) is 17.3. The molecule has 172 valence electrons. The van der Waals surface area contributed by atoms with E-state index in [4.69, 9.17) is 4.74 Å². The Morgan fingerprint density at radius 1 is 1.21 bits per heavy atom. The number of amides is 2. The number of aromatic nitrogens is 1. The van der Waals surface area contributed by atoms with E-state index in [2.05, 4.69) is 31.0 Å². The molecule has 2 amide bonds. The van der Waals surface area contributed by atoms with Crippen LogP contribution in [0.1, 0.15) is 32.8 Å². The minimum Gasteiger partial charge on any atom is -0.503 e. The van der Waals surface area contributed by atoms with Crippen molar-refractivity contribution in [2.24, 2.45) is 0 Å². The van der Waals surface area contributed by atoms with Gasteiger partial charge in [-0.2, -0.15) is 0 Å².